The molecule has 2 saturated carbocycles. The summed E-state index contributed by atoms with van der Waals surface area (Å²) >= 11 is 0. The maximum Gasteiger partial charge on any atom is 0.321 e. The number of carbonyl (C=O) groups is 2. The molecule has 0 spiro atoms. The molecule has 28 atom stereocenters. The van der Waals surface area contributed by atoms with E-state index in [0.717, 1.165) is 0 Å². The first-order valence-electron chi connectivity index (χ1n) is 29.7. The second kappa shape index (κ2) is 29.3. The number of nitrogens with one attached hydrogen (secondary N) is 2. The third-order valence-corrected chi connectivity index (χ3v) is 18.1. The van der Waals surface area contributed by atoms with Crippen LogP contribution in [0.15, 0.2) is 24.3 Å². The minimum Gasteiger partial charge on any atom is -0.390 e. The van der Waals surface area contributed by atoms with Gasteiger partial charge in [-0.2, -0.15) is 0 Å². The third-order valence-electron chi connectivity index (χ3n) is 18.1. The fourth-order valence-electron chi connectivity index (χ4n) is 12.7. The zero-order valence-electron chi connectivity index (χ0n) is 48.0. The Labute approximate surface area is 497 Å². The molecule has 1 aromatic rings. The zero-order valence-corrected chi connectivity index (χ0v) is 48.0. The van der Waals surface area contributed by atoms with Crippen molar-refractivity contribution in [3.8, 4) is 0 Å². The van der Waals surface area contributed by atoms with Gasteiger partial charge in [-0.3, -0.25) is 9.80 Å². The lowest BCUT2D eigenvalue weighted by Crippen LogP contribution is -2.68. The number of amides is 4. The molecule has 4 amide bonds. The van der Waals surface area contributed by atoms with Gasteiger partial charge < -0.3 is 157 Å². The summed E-state index contributed by atoms with van der Waals surface area (Å²) in [6, 6.07) is -1.09. The summed E-state index contributed by atoms with van der Waals surface area (Å²) in [7, 11) is 0. The lowest BCUT2D eigenvalue weighted by atomic mass is 9.84. The maximum atomic E-state index is 13.4. The Hall–Kier alpha value is -3.36. The van der Waals surface area contributed by atoms with Crippen molar-refractivity contribution < 1.29 is 88.3 Å². The molecule has 30 N–H and O–H groups in total. The molecule has 34 nitrogen and oxygen atoms in total. The molecule has 34 heteroatoms. The van der Waals surface area contributed by atoms with Crippen LogP contribution in [0, 0.1) is 0 Å². The van der Waals surface area contributed by atoms with E-state index in [1.54, 1.807) is 34.1 Å². The monoisotopic (exact) mass is 1230 g/mol. The van der Waals surface area contributed by atoms with E-state index in [0.29, 0.717) is 63.7 Å². The number of rotatable bonds is 16. The number of hydrogen-bond donors (Lipinski definition) is 20. The molecular weight excluding hydrogens is 1140 g/mol. The highest BCUT2D eigenvalue weighted by molar-refractivity contribution is 5.91. The largest absolute Gasteiger partial charge is 0.390 e. The quantitative estimate of drug-likeness (QED) is 0.0731. The van der Waals surface area contributed by atoms with Crippen LogP contribution in [0.2, 0.25) is 0 Å². The molecule has 0 bridgehead atoms. The standard InChI is InChI=1S/C52H94N16O18/c53-17-31-29(69)15-27(59)47(79-31)83-43-23(55)13-25(57)45(41(43)75)85-49-39(73)35(61)37(71)33(81-49)19-65-5-9-67(10-6-65)51(77)63-21-1-2-22(4-3-21)64-52(78)68-11-7-66(8-12-68)20-34-38(72)36(62)40(74)50(82-34)86-46-26(58)14-24(56)44(42(46)76)84-48-28(60)16-30(70)32(18-54)80-48/h1-4,23-50,69-76H,5-20,53-62H2,(H,63,77)(H,64,78). The summed E-state index contributed by atoms with van der Waals surface area (Å²) < 4.78 is 48.3. The van der Waals surface area contributed by atoms with Crippen LogP contribution in [0.5, 0.6) is 0 Å². The number of piperazine rings is 2. The molecule has 8 aliphatic rings. The number of urea groups is 2. The van der Waals surface area contributed by atoms with Gasteiger partial charge in [-0.05, 0) is 49.9 Å². The Bertz CT molecular complexity index is 2170. The van der Waals surface area contributed by atoms with Gasteiger partial charge in [0, 0.05) is 114 Å². The van der Waals surface area contributed by atoms with Gasteiger partial charge in [-0.15, -0.1) is 0 Å². The predicted octanol–water partition coefficient (Wildman–Crippen LogP) is -10.6. The number of carbonyl (C=O) groups excluding carboxylic acids is 2. The lowest BCUT2D eigenvalue weighted by Gasteiger charge is -2.48. The molecule has 8 fully saturated rings. The molecule has 1 aromatic carbocycles. The predicted molar refractivity (Wildman–Crippen MR) is 303 cm³/mol. The first kappa shape index (κ1) is 67.0. The Balaban J connectivity index is 0.692. The average Bonchev–Trinajstić information content (AvgIpc) is 1.15. The normalized spacial score (nSPS) is 44.9. The van der Waals surface area contributed by atoms with Crippen LogP contribution in [0.3, 0.4) is 0 Å². The van der Waals surface area contributed by atoms with Gasteiger partial charge in [-0.1, -0.05) is 0 Å². The highest BCUT2D eigenvalue weighted by atomic mass is 16.7. The molecule has 6 saturated heterocycles. The van der Waals surface area contributed by atoms with Gasteiger partial charge in [0.05, 0.1) is 60.8 Å². The number of ether oxygens (including phenoxy) is 8. The SMILES string of the molecule is NCC1OC(OC2C(N)CC(N)C(OC3OC(CN4CCN(C(=O)Nc5ccc(NC(=O)N6CCN(CC7OC(OC8C(N)CC(N)C(OC9OC(CN)C(O)CC9N)C8O)C(O)C(N)C7O)CC6)cc5)CC4)C(O)C(N)C3O)C2O)C(N)CC1O. The van der Waals surface area contributed by atoms with E-state index in [1.807, 2.05) is 9.80 Å². The van der Waals surface area contributed by atoms with Crippen molar-refractivity contribution in [3.05, 3.63) is 24.3 Å². The maximum absolute atomic E-state index is 13.4. The van der Waals surface area contributed by atoms with Crippen LogP contribution >= 0.6 is 0 Å². The lowest BCUT2D eigenvalue weighted by molar-refractivity contribution is -0.313. The van der Waals surface area contributed by atoms with Crippen LogP contribution in [0.4, 0.5) is 21.0 Å². The highest BCUT2D eigenvalue weighted by Gasteiger charge is 2.53. The van der Waals surface area contributed by atoms with Crippen molar-refractivity contribution >= 4 is 23.4 Å². The number of nitrogens with two attached hydrogens (primary N) is 10. The minimum absolute atomic E-state index is 0.0114. The summed E-state index contributed by atoms with van der Waals surface area (Å²) in [4.78, 5) is 34.1. The van der Waals surface area contributed by atoms with E-state index < -0.39 is 171 Å². The Morgan fingerprint density at radius 1 is 0.419 bits per heavy atom. The molecule has 6 aliphatic heterocycles. The first-order valence-corrected chi connectivity index (χ1v) is 29.7. The van der Waals surface area contributed by atoms with Crippen molar-refractivity contribution in [2.45, 2.75) is 197 Å². The van der Waals surface area contributed by atoms with Gasteiger partial charge in [0.25, 0.3) is 0 Å². The van der Waals surface area contributed by atoms with Crippen LogP contribution in [0.25, 0.3) is 0 Å². The molecule has 86 heavy (non-hydrogen) atoms. The Morgan fingerprint density at radius 3 is 1.03 bits per heavy atom. The number of aliphatic hydroxyl groups is 8. The zero-order chi connectivity index (χ0) is 62.0. The third kappa shape index (κ3) is 15.3. The summed E-state index contributed by atoms with van der Waals surface area (Å²) in [5, 5.41) is 93.9. The van der Waals surface area contributed by atoms with E-state index >= 15 is 0 Å². The van der Waals surface area contributed by atoms with Crippen molar-refractivity contribution in [2.75, 3.05) is 89.2 Å². The number of benzene rings is 1. The van der Waals surface area contributed by atoms with E-state index in [4.69, 9.17) is 95.2 Å². The molecular formula is C52H94N16O18. The fraction of sp³-hybridized carbons (Fsp3) is 0.846. The second-order valence-corrected chi connectivity index (χ2v) is 24.2. The number of nitrogens with zero attached hydrogens (tertiary/aromatic N) is 4. The fourth-order valence-corrected chi connectivity index (χ4v) is 12.7. The second-order valence-electron chi connectivity index (χ2n) is 24.2. The van der Waals surface area contributed by atoms with Crippen LogP contribution in [0.1, 0.15) is 25.7 Å². The Kier molecular flexibility index (Phi) is 22.8. The highest BCUT2D eigenvalue weighted by Crippen LogP contribution is 2.34. The van der Waals surface area contributed by atoms with Gasteiger partial charge in [0.2, 0.25) is 0 Å². The smallest absolute Gasteiger partial charge is 0.321 e. The molecule has 490 valence electrons. The Morgan fingerprint density at radius 2 is 0.721 bits per heavy atom. The van der Waals surface area contributed by atoms with Crippen molar-refractivity contribution in [3.63, 3.8) is 0 Å². The van der Waals surface area contributed by atoms with Gasteiger partial charge >= 0.3 is 12.1 Å². The molecule has 6 heterocycles. The minimum atomic E-state index is -1.51. The van der Waals surface area contributed by atoms with Crippen LogP contribution in [-0.4, -0.2) is 322 Å². The number of hydrogen-bond acceptors (Lipinski definition) is 30. The molecule has 0 radical (unpaired) electrons. The molecule has 28 unspecified atom stereocenters. The number of aliphatic hydroxyl groups excluding tert-OH is 8. The topological polar surface area (TPSA) is 567 Å². The number of anilines is 2. The van der Waals surface area contributed by atoms with E-state index in [2.05, 4.69) is 10.6 Å². The molecule has 0 aromatic heterocycles. The van der Waals surface area contributed by atoms with Gasteiger partial charge in [0.1, 0.15) is 61.0 Å². The molecule has 9 rings (SSSR count). The first-order chi connectivity index (χ1) is 40.9. The van der Waals surface area contributed by atoms with Crippen molar-refractivity contribution in [1.82, 2.24) is 19.6 Å². The average molecular weight is 1230 g/mol. The van der Waals surface area contributed by atoms with Crippen LogP contribution in [-0.2, 0) is 37.9 Å². The summed E-state index contributed by atoms with van der Waals surface area (Å²) in [6.07, 6.45) is -22.4. The van der Waals surface area contributed by atoms with Gasteiger partial charge in [-0.25, -0.2) is 9.59 Å². The van der Waals surface area contributed by atoms with E-state index in [1.165, 1.54) is 0 Å². The van der Waals surface area contributed by atoms with E-state index in [-0.39, 0.29) is 63.9 Å². The van der Waals surface area contributed by atoms with Gasteiger partial charge in [0.15, 0.2) is 25.2 Å². The molecule has 2 aliphatic carbocycles. The van der Waals surface area contributed by atoms with Crippen molar-refractivity contribution in [1.29, 1.82) is 0 Å². The van der Waals surface area contributed by atoms with Crippen LogP contribution < -0.4 is 68.0 Å². The summed E-state index contributed by atoms with van der Waals surface area (Å²) in [5.74, 6) is 0. The van der Waals surface area contributed by atoms with Crippen molar-refractivity contribution in [2.24, 2.45) is 57.3 Å². The summed E-state index contributed by atoms with van der Waals surface area (Å²) in [6.45, 7) is 3.23. The van der Waals surface area contributed by atoms with E-state index in [9.17, 15) is 50.4 Å². The summed E-state index contributed by atoms with van der Waals surface area (Å²) in [5.41, 5.74) is 63.1.